The highest BCUT2D eigenvalue weighted by molar-refractivity contribution is 6.10. The van der Waals surface area contributed by atoms with Crippen LogP contribution in [0.3, 0.4) is 0 Å². The Bertz CT molecular complexity index is 2240. The molecule has 0 radical (unpaired) electrons. The lowest BCUT2D eigenvalue weighted by molar-refractivity contribution is 0.242. The first-order valence-electron chi connectivity index (χ1n) is 16.1. The summed E-state index contributed by atoms with van der Waals surface area (Å²) in [7, 11) is 0. The van der Waals surface area contributed by atoms with Gasteiger partial charge in [-0.05, 0) is 118 Å². The highest BCUT2D eigenvalue weighted by Crippen LogP contribution is 2.39. The van der Waals surface area contributed by atoms with Crippen molar-refractivity contribution in [1.82, 2.24) is 14.8 Å². The van der Waals surface area contributed by atoms with Gasteiger partial charge in [-0.15, -0.1) is 10.2 Å². The van der Waals surface area contributed by atoms with Crippen LogP contribution in [0.25, 0.3) is 50.4 Å². The van der Waals surface area contributed by atoms with E-state index in [2.05, 4.69) is 123 Å². The van der Waals surface area contributed by atoms with E-state index in [0.29, 0.717) is 11.8 Å². The molecule has 47 heavy (non-hydrogen) atoms. The van der Waals surface area contributed by atoms with E-state index >= 15 is 0 Å². The molecule has 0 fully saturated rings. The van der Waals surface area contributed by atoms with Gasteiger partial charge >= 0.3 is 0 Å². The van der Waals surface area contributed by atoms with E-state index in [-0.39, 0.29) is 6.10 Å². The third kappa shape index (κ3) is 5.48. The average molecular weight is 615 g/mol. The number of hydrogen-bond donors (Lipinski definition) is 0. The summed E-state index contributed by atoms with van der Waals surface area (Å²) in [6.07, 6.45) is 8.95. The number of ether oxygens (including phenoxy) is 1. The molecular weight excluding hydrogens is 580 g/mol. The van der Waals surface area contributed by atoms with E-state index in [9.17, 15) is 0 Å². The van der Waals surface area contributed by atoms with Gasteiger partial charge in [0.25, 0.3) is 0 Å². The number of aromatic nitrogens is 3. The smallest absolute Gasteiger partial charge is 0.248 e. The van der Waals surface area contributed by atoms with Crippen LogP contribution in [0.5, 0.6) is 5.75 Å². The second kappa shape index (κ2) is 12.1. The largest absolute Gasteiger partial charge is 0.491 e. The standard InChI is InChI=1S/C41H34N4O2/c1-28(2)46-35-24-19-30(20-25-35)41-43-42-40(47-41)29-17-21-33(22-18-29)44(31-11-5-3-6-12-31)34-23-26-39-37(27-34)36-15-9-10-16-38(36)45(39)32-13-7-4-8-14-32/h4-5,7-28H,3,6H2,1-2H3. The Morgan fingerprint density at radius 2 is 1.34 bits per heavy atom. The quantitative estimate of drug-likeness (QED) is 0.170. The molecule has 0 N–H and O–H groups in total. The van der Waals surface area contributed by atoms with Crippen LogP contribution in [0.1, 0.15) is 26.7 Å². The van der Waals surface area contributed by atoms with E-state index in [1.54, 1.807) is 0 Å². The molecule has 6 nitrogen and oxygen atoms in total. The molecule has 0 saturated carbocycles. The van der Waals surface area contributed by atoms with Gasteiger partial charge < -0.3 is 18.6 Å². The zero-order valence-corrected chi connectivity index (χ0v) is 26.4. The van der Waals surface area contributed by atoms with Crippen molar-refractivity contribution in [3.05, 3.63) is 145 Å². The third-order valence-corrected chi connectivity index (χ3v) is 8.43. The lowest BCUT2D eigenvalue weighted by Gasteiger charge is -2.28. The van der Waals surface area contributed by atoms with Gasteiger partial charge in [0.05, 0.1) is 17.1 Å². The summed E-state index contributed by atoms with van der Waals surface area (Å²) in [5.74, 6) is 1.77. The van der Waals surface area contributed by atoms with E-state index in [1.807, 2.05) is 50.2 Å². The van der Waals surface area contributed by atoms with Crippen molar-refractivity contribution in [2.24, 2.45) is 0 Å². The Morgan fingerprint density at radius 1 is 0.681 bits per heavy atom. The number of rotatable bonds is 8. The van der Waals surface area contributed by atoms with Crippen molar-refractivity contribution in [1.29, 1.82) is 0 Å². The minimum Gasteiger partial charge on any atom is -0.491 e. The van der Waals surface area contributed by atoms with Gasteiger partial charge in [0, 0.05) is 44.7 Å². The summed E-state index contributed by atoms with van der Waals surface area (Å²) in [5.41, 5.74) is 8.54. The second-order valence-electron chi connectivity index (χ2n) is 12.0. The fraction of sp³-hybridized carbons (Fsp3) is 0.122. The zero-order valence-electron chi connectivity index (χ0n) is 26.4. The van der Waals surface area contributed by atoms with Crippen molar-refractivity contribution < 1.29 is 9.15 Å². The minimum absolute atomic E-state index is 0.115. The molecule has 6 heteroatoms. The molecule has 8 rings (SSSR count). The number of anilines is 2. The third-order valence-electron chi connectivity index (χ3n) is 8.43. The first-order valence-corrected chi connectivity index (χ1v) is 16.1. The number of hydrogen-bond acceptors (Lipinski definition) is 5. The minimum atomic E-state index is 0.115. The van der Waals surface area contributed by atoms with Crippen LogP contribution in [0.4, 0.5) is 11.4 Å². The van der Waals surface area contributed by atoms with Gasteiger partial charge in [0.2, 0.25) is 11.8 Å². The van der Waals surface area contributed by atoms with Crippen LogP contribution in [0.2, 0.25) is 0 Å². The number of nitrogens with zero attached hydrogens (tertiary/aromatic N) is 4. The van der Waals surface area contributed by atoms with E-state index in [0.717, 1.165) is 52.5 Å². The summed E-state index contributed by atoms with van der Waals surface area (Å²) < 4.78 is 14.2. The van der Waals surface area contributed by atoms with Crippen LogP contribution in [0, 0.1) is 0 Å². The molecule has 0 atom stereocenters. The fourth-order valence-corrected chi connectivity index (χ4v) is 6.33. The van der Waals surface area contributed by atoms with E-state index < -0.39 is 0 Å². The summed E-state index contributed by atoms with van der Waals surface area (Å²) in [6, 6.07) is 42.1. The van der Waals surface area contributed by atoms with Crippen molar-refractivity contribution in [2.75, 3.05) is 4.90 Å². The van der Waals surface area contributed by atoms with Crippen LogP contribution >= 0.6 is 0 Å². The lowest BCUT2D eigenvalue weighted by atomic mass is 10.1. The number of allylic oxidation sites excluding steroid dienone is 3. The molecule has 0 amide bonds. The first-order chi connectivity index (χ1) is 23.1. The highest BCUT2D eigenvalue weighted by atomic mass is 16.5. The van der Waals surface area contributed by atoms with Crippen molar-refractivity contribution >= 4 is 33.2 Å². The maximum Gasteiger partial charge on any atom is 0.248 e. The molecule has 1 aliphatic rings. The molecule has 0 bridgehead atoms. The van der Waals surface area contributed by atoms with Crippen molar-refractivity contribution in [2.45, 2.75) is 32.8 Å². The molecule has 230 valence electrons. The van der Waals surface area contributed by atoms with Gasteiger partial charge in [-0.2, -0.15) is 0 Å². The second-order valence-corrected chi connectivity index (χ2v) is 12.0. The maximum absolute atomic E-state index is 6.10. The molecular formula is C41H34N4O2. The predicted octanol–water partition coefficient (Wildman–Crippen LogP) is 10.7. The Morgan fingerprint density at radius 3 is 2.04 bits per heavy atom. The van der Waals surface area contributed by atoms with Crippen LogP contribution in [-0.4, -0.2) is 20.9 Å². The number of benzene rings is 5. The van der Waals surface area contributed by atoms with Gasteiger partial charge in [-0.25, -0.2) is 0 Å². The lowest BCUT2D eigenvalue weighted by Crippen LogP contribution is -2.16. The summed E-state index contributed by atoms with van der Waals surface area (Å²) >= 11 is 0. The van der Waals surface area contributed by atoms with Gasteiger partial charge in [0.1, 0.15) is 5.75 Å². The zero-order chi connectivity index (χ0) is 31.7. The monoisotopic (exact) mass is 614 g/mol. The normalized spacial score (nSPS) is 13.0. The maximum atomic E-state index is 6.10. The van der Waals surface area contributed by atoms with Gasteiger partial charge in [-0.3, -0.25) is 0 Å². The molecule has 0 saturated heterocycles. The molecule has 5 aromatic carbocycles. The molecule has 2 heterocycles. The molecule has 7 aromatic rings. The molecule has 0 aliphatic heterocycles. The molecule has 0 spiro atoms. The average Bonchev–Trinajstić information content (AvgIpc) is 3.73. The summed E-state index contributed by atoms with van der Waals surface area (Å²) in [5, 5.41) is 11.1. The van der Waals surface area contributed by atoms with E-state index in [1.165, 1.54) is 21.8 Å². The van der Waals surface area contributed by atoms with Gasteiger partial charge in [-0.1, -0.05) is 48.6 Å². The number of para-hydroxylation sites is 2. The van der Waals surface area contributed by atoms with Crippen molar-refractivity contribution in [3.63, 3.8) is 0 Å². The SMILES string of the molecule is CC(C)Oc1ccc(-c2nnc(-c3ccc(N(C4=CCCC=C4)c4ccc5c(c4)c4ccccc4n5-c4ccccc4)cc3)o2)cc1. The molecule has 2 aromatic heterocycles. The van der Waals surface area contributed by atoms with E-state index in [4.69, 9.17) is 9.15 Å². The molecule has 1 aliphatic carbocycles. The Hall–Kier alpha value is -5.88. The Kier molecular flexibility index (Phi) is 7.38. The van der Waals surface area contributed by atoms with Crippen molar-refractivity contribution in [3.8, 4) is 34.3 Å². The van der Waals surface area contributed by atoms with Crippen LogP contribution in [0.15, 0.2) is 150 Å². The van der Waals surface area contributed by atoms with Gasteiger partial charge in [0.15, 0.2) is 0 Å². The predicted molar refractivity (Wildman–Crippen MR) is 190 cm³/mol. The van der Waals surface area contributed by atoms with Crippen LogP contribution < -0.4 is 9.64 Å². The first kappa shape index (κ1) is 28.6. The Labute approximate surface area is 273 Å². The highest BCUT2D eigenvalue weighted by Gasteiger charge is 2.19. The summed E-state index contributed by atoms with van der Waals surface area (Å²) in [4.78, 5) is 2.33. The fourth-order valence-electron chi connectivity index (χ4n) is 6.33. The summed E-state index contributed by atoms with van der Waals surface area (Å²) in [6.45, 7) is 4.02. The Balaban J connectivity index is 1.15. The van der Waals surface area contributed by atoms with Crippen LogP contribution in [-0.2, 0) is 0 Å². The molecule has 0 unspecified atom stereocenters. The topological polar surface area (TPSA) is 56.3 Å². The number of fused-ring (bicyclic) bond motifs is 3.